The molecule has 0 aliphatic carbocycles. The molecule has 1 unspecified atom stereocenters. The predicted octanol–water partition coefficient (Wildman–Crippen LogP) is 3.64. The Kier molecular flexibility index (Phi) is 4.42. The molecule has 0 saturated carbocycles. The quantitative estimate of drug-likeness (QED) is 0.904. The van der Waals surface area contributed by atoms with E-state index in [-0.39, 0.29) is 5.54 Å². The number of nitrogens with zero attached hydrogens (tertiary/aromatic N) is 2. The van der Waals surface area contributed by atoms with Crippen molar-refractivity contribution in [2.75, 3.05) is 6.54 Å². The summed E-state index contributed by atoms with van der Waals surface area (Å²) in [7, 11) is 0. The lowest BCUT2D eigenvalue weighted by molar-refractivity contribution is 0.361. The van der Waals surface area contributed by atoms with Crippen LogP contribution < -0.4 is 5.32 Å². The van der Waals surface area contributed by atoms with Crippen molar-refractivity contribution in [1.29, 1.82) is 0 Å². The third kappa shape index (κ3) is 4.18. The van der Waals surface area contributed by atoms with Gasteiger partial charge in [-0.1, -0.05) is 13.0 Å². The van der Waals surface area contributed by atoms with E-state index in [0.29, 0.717) is 5.92 Å². The van der Waals surface area contributed by atoms with Crippen LogP contribution in [0.4, 0.5) is 0 Å². The number of nitrogens with one attached hydrogen (secondary N) is 1. The second kappa shape index (κ2) is 5.88. The second-order valence-electron chi connectivity index (χ2n) is 6.12. The first-order chi connectivity index (χ1) is 8.96. The van der Waals surface area contributed by atoms with Crippen LogP contribution >= 0.6 is 11.3 Å². The average Bonchev–Trinajstić information content (AvgIpc) is 2.94. The van der Waals surface area contributed by atoms with Gasteiger partial charge in [0.15, 0.2) is 0 Å². The molecule has 0 bridgehead atoms. The van der Waals surface area contributed by atoms with E-state index < -0.39 is 0 Å². The summed E-state index contributed by atoms with van der Waals surface area (Å²) in [5, 5.41) is 5.65. The van der Waals surface area contributed by atoms with Gasteiger partial charge < -0.3 is 9.88 Å². The minimum absolute atomic E-state index is 0.180. The largest absolute Gasteiger partial charge is 0.330 e. The van der Waals surface area contributed by atoms with Gasteiger partial charge in [-0.25, -0.2) is 4.98 Å². The number of thiophene rings is 1. The minimum atomic E-state index is 0.180. The van der Waals surface area contributed by atoms with Crippen LogP contribution in [-0.2, 0) is 6.54 Å². The average molecular weight is 277 g/mol. The van der Waals surface area contributed by atoms with Crippen LogP contribution in [0.5, 0.6) is 0 Å². The van der Waals surface area contributed by atoms with E-state index in [1.165, 1.54) is 4.88 Å². The number of hydrogen-bond donors (Lipinski definition) is 1. The van der Waals surface area contributed by atoms with Gasteiger partial charge in [0.2, 0.25) is 0 Å². The molecule has 4 heteroatoms. The Morgan fingerprint density at radius 3 is 2.84 bits per heavy atom. The molecule has 19 heavy (non-hydrogen) atoms. The van der Waals surface area contributed by atoms with Crippen molar-refractivity contribution in [3.05, 3.63) is 29.9 Å². The van der Waals surface area contributed by atoms with Crippen LogP contribution in [0.15, 0.2) is 29.9 Å². The molecule has 0 spiro atoms. The van der Waals surface area contributed by atoms with Crippen molar-refractivity contribution >= 4 is 11.3 Å². The number of rotatable bonds is 5. The van der Waals surface area contributed by atoms with Gasteiger partial charge in [0.05, 0.1) is 4.88 Å². The number of imidazole rings is 1. The Morgan fingerprint density at radius 1 is 1.42 bits per heavy atom. The lowest BCUT2D eigenvalue weighted by Crippen LogP contribution is -2.39. The highest BCUT2D eigenvalue weighted by molar-refractivity contribution is 7.13. The van der Waals surface area contributed by atoms with Gasteiger partial charge in [0, 0.05) is 24.5 Å². The summed E-state index contributed by atoms with van der Waals surface area (Å²) in [6.07, 6.45) is 3.96. The molecule has 0 aliphatic rings. The summed E-state index contributed by atoms with van der Waals surface area (Å²) in [4.78, 5) is 5.71. The molecular formula is C15H23N3S. The first kappa shape index (κ1) is 14.3. The van der Waals surface area contributed by atoms with Crippen LogP contribution in [0, 0.1) is 5.92 Å². The highest BCUT2D eigenvalue weighted by Gasteiger charge is 2.13. The maximum absolute atomic E-state index is 4.47. The monoisotopic (exact) mass is 277 g/mol. The molecule has 0 radical (unpaired) electrons. The van der Waals surface area contributed by atoms with Gasteiger partial charge >= 0.3 is 0 Å². The zero-order valence-electron chi connectivity index (χ0n) is 12.2. The van der Waals surface area contributed by atoms with Gasteiger partial charge in [-0.05, 0) is 44.7 Å². The summed E-state index contributed by atoms with van der Waals surface area (Å²) < 4.78 is 2.25. The normalized spacial score (nSPS) is 13.7. The van der Waals surface area contributed by atoms with E-state index in [0.717, 1.165) is 18.9 Å². The van der Waals surface area contributed by atoms with E-state index in [1.807, 2.05) is 6.20 Å². The van der Waals surface area contributed by atoms with Gasteiger partial charge in [-0.3, -0.25) is 0 Å². The summed E-state index contributed by atoms with van der Waals surface area (Å²) in [6.45, 7) is 10.9. The first-order valence-corrected chi connectivity index (χ1v) is 7.64. The predicted molar refractivity (Wildman–Crippen MR) is 82.5 cm³/mol. The third-order valence-electron chi connectivity index (χ3n) is 2.95. The zero-order valence-corrected chi connectivity index (χ0v) is 13.0. The minimum Gasteiger partial charge on any atom is -0.330 e. The molecule has 0 fully saturated rings. The summed E-state index contributed by atoms with van der Waals surface area (Å²) in [5.74, 6) is 1.66. The van der Waals surface area contributed by atoms with E-state index in [9.17, 15) is 0 Å². The standard InChI is InChI=1S/C15H23N3S/c1-12(10-17-15(2,3)4)11-18-8-7-16-14(18)13-6-5-9-19-13/h5-9,12,17H,10-11H2,1-4H3. The van der Waals surface area contributed by atoms with E-state index in [1.54, 1.807) is 11.3 Å². The first-order valence-electron chi connectivity index (χ1n) is 6.76. The molecule has 0 saturated heterocycles. The number of aromatic nitrogens is 2. The van der Waals surface area contributed by atoms with Crippen LogP contribution in [0.25, 0.3) is 10.7 Å². The molecule has 2 aromatic rings. The van der Waals surface area contributed by atoms with Crippen LogP contribution in [0.2, 0.25) is 0 Å². The van der Waals surface area contributed by atoms with Crippen molar-refractivity contribution in [2.24, 2.45) is 5.92 Å². The maximum Gasteiger partial charge on any atom is 0.149 e. The summed E-state index contributed by atoms with van der Waals surface area (Å²) >= 11 is 1.74. The molecule has 0 aromatic carbocycles. The molecule has 2 aromatic heterocycles. The molecule has 104 valence electrons. The van der Waals surface area contributed by atoms with Gasteiger partial charge in [0.25, 0.3) is 0 Å². The van der Waals surface area contributed by atoms with Gasteiger partial charge in [0.1, 0.15) is 5.82 Å². The second-order valence-corrected chi connectivity index (χ2v) is 7.06. The van der Waals surface area contributed by atoms with Crippen molar-refractivity contribution in [3.63, 3.8) is 0 Å². The van der Waals surface area contributed by atoms with Crippen LogP contribution in [-0.4, -0.2) is 21.6 Å². The SMILES string of the molecule is CC(CNC(C)(C)C)Cn1ccnc1-c1cccs1. The molecule has 1 atom stereocenters. The highest BCUT2D eigenvalue weighted by Crippen LogP contribution is 2.23. The summed E-state index contributed by atoms with van der Waals surface area (Å²) in [6, 6.07) is 4.20. The number of hydrogen-bond acceptors (Lipinski definition) is 3. The third-order valence-corrected chi connectivity index (χ3v) is 3.81. The smallest absolute Gasteiger partial charge is 0.149 e. The molecule has 2 heterocycles. The fraction of sp³-hybridized carbons (Fsp3) is 0.533. The van der Waals surface area contributed by atoms with Gasteiger partial charge in [-0.2, -0.15) is 0 Å². The van der Waals surface area contributed by atoms with Crippen LogP contribution in [0.3, 0.4) is 0 Å². The van der Waals surface area contributed by atoms with E-state index in [2.05, 4.69) is 66.3 Å². The molecule has 3 nitrogen and oxygen atoms in total. The lowest BCUT2D eigenvalue weighted by atomic mass is 10.1. The molecule has 1 N–H and O–H groups in total. The van der Waals surface area contributed by atoms with Crippen molar-refractivity contribution in [3.8, 4) is 10.7 Å². The Morgan fingerprint density at radius 2 is 2.21 bits per heavy atom. The molecule has 2 rings (SSSR count). The van der Waals surface area contributed by atoms with E-state index >= 15 is 0 Å². The van der Waals surface area contributed by atoms with E-state index in [4.69, 9.17) is 0 Å². The van der Waals surface area contributed by atoms with Crippen molar-refractivity contribution < 1.29 is 0 Å². The maximum atomic E-state index is 4.47. The van der Waals surface area contributed by atoms with Crippen molar-refractivity contribution in [1.82, 2.24) is 14.9 Å². The topological polar surface area (TPSA) is 29.9 Å². The van der Waals surface area contributed by atoms with Crippen LogP contribution in [0.1, 0.15) is 27.7 Å². The Labute approximate surface area is 119 Å². The van der Waals surface area contributed by atoms with Gasteiger partial charge in [-0.15, -0.1) is 11.3 Å². The Bertz CT molecular complexity index is 494. The molecular weight excluding hydrogens is 254 g/mol. The zero-order chi connectivity index (χ0) is 13.9. The summed E-state index contributed by atoms with van der Waals surface area (Å²) in [5.41, 5.74) is 0.180. The fourth-order valence-electron chi connectivity index (χ4n) is 1.97. The fourth-order valence-corrected chi connectivity index (χ4v) is 2.70. The molecule has 0 aliphatic heterocycles. The Balaban J connectivity index is 1.98. The van der Waals surface area contributed by atoms with Crippen molar-refractivity contribution in [2.45, 2.75) is 39.8 Å². The molecule has 0 amide bonds. The lowest BCUT2D eigenvalue weighted by Gasteiger charge is -2.24. The highest BCUT2D eigenvalue weighted by atomic mass is 32.1. The Hall–Kier alpha value is -1.13.